The largest absolute Gasteiger partial charge is 0.406 e. The van der Waals surface area contributed by atoms with Crippen LogP contribution < -0.4 is 5.32 Å². The zero-order chi connectivity index (χ0) is 12.8. The Bertz CT molecular complexity index is 219. The fraction of sp³-hybridized carbons (Fsp3) is 0.900. The van der Waals surface area contributed by atoms with Gasteiger partial charge in [-0.3, -0.25) is 4.79 Å². The summed E-state index contributed by atoms with van der Waals surface area (Å²) in [6.45, 7) is 2.41. The third-order valence-electron chi connectivity index (χ3n) is 2.27. The molecule has 16 heavy (non-hydrogen) atoms. The number of hydrogen-bond donors (Lipinski definition) is 1. The summed E-state index contributed by atoms with van der Waals surface area (Å²) >= 11 is 0. The van der Waals surface area contributed by atoms with E-state index < -0.39 is 24.7 Å². The Morgan fingerprint density at radius 3 is 2.38 bits per heavy atom. The molecule has 0 aliphatic heterocycles. The first kappa shape index (κ1) is 15.2. The second-order valence-corrected chi connectivity index (χ2v) is 3.74. The molecule has 0 saturated heterocycles. The van der Waals surface area contributed by atoms with E-state index in [-0.39, 0.29) is 6.54 Å². The van der Waals surface area contributed by atoms with Crippen molar-refractivity contribution in [2.45, 2.75) is 38.9 Å². The van der Waals surface area contributed by atoms with Crippen molar-refractivity contribution in [1.82, 2.24) is 10.2 Å². The van der Waals surface area contributed by atoms with Gasteiger partial charge in [-0.05, 0) is 20.4 Å². The highest BCUT2D eigenvalue weighted by molar-refractivity contribution is 5.81. The van der Waals surface area contributed by atoms with Crippen LogP contribution in [0.25, 0.3) is 0 Å². The van der Waals surface area contributed by atoms with Gasteiger partial charge in [-0.25, -0.2) is 0 Å². The molecule has 0 saturated carbocycles. The van der Waals surface area contributed by atoms with E-state index in [0.717, 1.165) is 11.3 Å². The highest BCUT2D eigenvalue weighted by atomic mass is 19.4. The molecule has 0 aromatic heterocycles. The molecule has 6 heteroatoms. The van der Waals surface area contributed by atoms with Crippen LogP contribution in [0.3, 0.4) is 0 Å². The van der Waals surface area contributed by atoms with E-state index in [0.29, 0.717) is 6.42 Å². The Labute approximate surface area is 94.0 Å². The Kier molecular flexibility index (Phi) is 6.40. The first-order valence-corrected chi connectivity index (χ1v) is 5.34. The summed E-state index contributed by atoms with van der Waals surface area (Å²) in [5, 5.41) is 2.65. The minimum Gasteiger partial charge on any atom is -0.332 e. The average molecular weight is 240 g/mol. The fourth-order valence-electron chi connectivity index (χ4n) is 1.23. The summed E-state index contributed by atoms with van der Waals surface area (Å²) in [5.41, 5.74) is 0. The van der Waals surface area contributed by atoms with Gasteiger partial charge in [0, 0.05) is 6.54 Å². The predicted molar refractivity (Wildman–Crippen MR) is 56.1 cm³/mol. The van der Waals surface area contributed by atoms with Crippen molar-refractivity contribution in [3.05, 3.63) is 0 Å². The SMILES string of the molecule is CCCCN(CC(F)(F)F)C(=O)C(C)NC. The van der Waals surface area contributed by atoms with Crippen molar-refractivity contribution in [1.29, 1.82) is 0 Å². The number of nitrogens with zero attached hydrogens (tertiary/aromatic N) is 1. The Morgan fingerprint density at radius 2 is 2.00 bits per heavy atom. The normalized spacial score (nSPS) is 13.6. The van der Waals surface area contributed by atoms with Crippen molar-refractivity contribution < 1.29 is 18.0 Å². The van der Waals surface area contributed by atoms with Crippen LogP contribution in [-0.2, 0) is 4.79 Å². The molecule has 0 bridgehead atoms. The van der Waals surface area contributed by atoms with Crippen molar-refractivity contribution in [3.8, 4) is 0 Å². The van der Waals surface area contributed by atoms with Gasteiger partial charge in [0.25, 0.3) is 0 Å². The molecular weight excluding hydrogens is 221 g/mol. The molecule has 1 amide bonds. The van der Waals surface area contributed by atoms with E-state index in [2.05, 4.69) is 5.32 Å². The number of amides is 1. The predicted octanol–water partition coefficient (Wildman–Crippen LogP) is 1.79. The lowest BCUT2D eigenvalue weighted by Crippen LogP contribution is -2.47. The average Bonchev–Trinajstić information content (AvgIpc) is 2.20. The highest BCUT2D eigenvalue weighted by Gasteiger charge is 2.33. The van der Waals surface area contributed by atoms with E-state index in [9.17, 15) is 18.0 Å². The standard InChI is InChI=1S/C10H19F3N2O/c1-4-5-6-15(7-10(11,12)13)9(16)8(2)14-3/h8,14H,4-7H2,1-3H3. The zero-order valence-corrected chi connectivity index (χ0v) is 9.90. The molecular formula is C10H19F3N2O. The maximum atomic E-state index is 12.2. The number of nitrogens with one attached hydrogen (secondary N) is 1. The maximum absolute atomic E-state index is 12.2. The molecule has 1 N–H and O–H groups in total. The summed E-state index contributed by atoms with van der Waals surface area (Å²) in [7, 11) is 1.55. The second kappa shape index (κ2) is 6.73. The summed E-state index contributed by atoms with van der Waals surface area (Å²) in [4.78, 5) is 12.5. The van der Waals surface area contributed by atoms with Crippen LogP contribution in [-0.4, -0.2) is 43.2 Å². The molecule has 0 aromatic rings. The number of likely N-dealkylation sites (N-methyl/N-ethyl adjacent to an activating group) is 1. The molecule has 0 fully saturated rings. The summed E-state index contributed by atoms with van der Waals surface area (Å²) in [5.74, 6) is -0.506. The minimum atomic E-state index is -4.34. The van der Waals surface area contributed by atoms with Gasteiger partial charge in [-0.2, -0.15) is 13.2 Å². The van der Waals surface area contributed by atoms with Gasteiger partial charge in [0.15, 0.2) is 0 Å². The second-order valence-electron chi connectivity index (χ2n) is 3.74. The lowest BCUT2D eigenvalue weighted by atomic mass is 10.2. The molecule has 3 nitrogen and oxygen atoms in total. The van der Waals surface area contributed by atoms with Gasteiger partial charge >= 0.3 is 6.18 Å². The van der Waals surface area contributed by atoms with Crippen LogP contribution >= 0.6 is 0 Å². The van der Waals surface area contributed by atoms with Gasteiger partial charge in [0.1, 0.15) is 6.54 Å². The fourth-order valence-corrected chi connectivity index (χ4v) is 1.23. The van der Waals surface area contributed by atoms with E-state index in [4.69, 9.17) is 0 Å². The summed E-state index contributed by atoms with van der Waals surface area (Å²) in [6, 6.07) is -0.584. The highest BCUT2D eigenvalue weighted by Crippen LogP contribution is 2.17. The number of hydrogen-bond acceptors (Lipinski definition) is 2. The number of rotatable bonds is 6. The van der Waals surface area contributed by atoms with Crippen LogP contribution in [0.5, 0.6) is 0 Å². The third kappa shape index (κ3) is 5.95. The zero-order valence-electron chi connectivity index (χ0n) is 9.90. The topological polar surface area (TPSA) is 32.3 Å². The number of carbonyl (C=O) groups is 1. The molecule has 0 aromatic carbocycles. The van der Waals surface area contributed by atoms with E-state index in [1.165, 1.54) is 0 Å². The number of unbranched alkanes of at least 4 members (excludes halogenated alkanes) is 1. The molecule has 1 atom stereocenters. The number of alkyl halides is 3. The Hall–Kier alpha value is -0.780. The van der Waals surface area contributed by atoms with Crippen LogP contribution in [0, 0.1) is 0 Å². The van der Waals surface area contributed by atoms with Crippen molar-refractivity contribution in [3.63, 3.8) is 0 Å². The lowest BCUT2D eigenvalue weighted by molar-refractivity contribution is -0.162. The lowest BCUT2D eigenvalue weighted by Gasteiger charge is -2.26. The molecule has 0 heterocycles. The summed E-state index contributed by atoms with van der Waals surface area (Å²) in [6.07, 6.45) is -3.00. The monoisotopic (exact) mass is 240 g/mol. The van der Waals surface area contributed by atoms with Crippen LogP contribution in [0.2, 0.25) is 0 Å². The van der Waals surface area contributed by atoms with Crippen LogP contribution in [0.4, 0.5) is 13.2 Å². The Morgan fingerprint density at radius 1 is 1.44 bits per heavy atom. The third-order valence-corrected chi connectivity index (χ3v) is 2.27. The smallest absolute Gasteiger partial charge is 0.332 e. The number of halogens is 3. The first-order valence-electron chi connectivity index (χ1n) is 5.34. The quantitative estimate of drug-likeness (QED) is 0.767. The summed E-state index contributed by atoms with van der Waals surface area (Å²) < 4.78 is 36.7. The van der Waals surface area contributed by atoms with Gasteiger partial charge in [-0.1, -0.05) is 13.3 Å². The molecule has 0 aliphatic carbocycles. The molecule has 0 aliphatic rings. The van der Waals surface area contributed by atoms with Gasteiger partial charge < -0.3 is 10.2 Å². The van der Waals surface area contributed by atoms with Crippen LogP contribution in [0.1, 0.15) is 26.7 Å². The van der Waals surface area contributed by atoms with Gasteiger partial charge in [-0.15, -0.1) is 0 Å². The molecule has 0 radical (unpaired) electrons. The van der Waals surface area contributed by atoms with Crippen molar-refractivity contribution in [2.75, 3.05) is 20.1 Å². The molecule has 0 rings (SSSR count). The first-order chi connectivity index (χ1) is 7.31. The minimum absolute atomic E-state index is 0.154. The van der Waals surface area contributed by atoms with Crippen LogP contribution in [0.15, 0.2) is 0 Å². The maximum Gasteiger partial charge on any atom is 0.406 e. The number of carbonyl (C=O) groups excluding carboxylic acids is 1. The van der Waals surface area contributed by atoms with Crippen molar-refractivity contribution >= 4 is 5.91 Å². The van der Waals surface area contributed by atoms with Gasteiger partial charge in [0.2, 0.25) is 5.91 Å². The molecule has 0 spiro atoms. The van der Waals surface area contributed by atoms with E-state index in [1.54, 1.807) is 14.0 Å². The van der Waals surface area contributed by atoms with E-state index >= 15 is 0 Å². The van der Waals surface area contributed by atoms with E-state index in [1.807, 2.05) is 6.92 Å². The van der Waals surface area contributed by atoms with Gasteiger partial charge in [0.05, 0.1) is 6.04 Å². The Balaban J connectivity index is 4.47. The molecule has 96 valence electrons. The molecule has 1 unspecified atom stereocenters. The van der Waals surface area contributed by atoms with Crippen molar-refractivity contribution in [2.24, 2.45) is 0 Å².